The fraction of sp³-hybridized carbons (Fsp3) is 0.500. The molecule has 1 aromatic rings. The molecule has 1 aromatic carbocycles. The minimum atomic E-state index is 0.280. The molecule has 0 spiro atoms. The molecule has 1 heterocycles. The average molecular weight is 280 g/mol. The Labute approximate surface area is 119 Å². The number of hydrogen-bond acceptors (Lipinski definition) is 3. The van der Waals surface area contributed by atoms with E-state index < -0.39 is 0 Å². The van der Waals surface area contributed by atoms with Crippen molar-refractivity contribution < 1.29 is 9.47 Å². The Morgan fingerprint density at radius 1 is 1.47 bits per heavy atom. The van der Waals surface area contributed by atoms with E-state index in [1.807, 2.05) is 31.2 Å². The standard InChI is InChI=1S/C14H20N2O2S/c1-2-17-13-8-4-3-7-12(13)16-14(19)15-10-11-6-5-9-18-11/h3-4,7-8,11H,2,5-6,9-10H2,1H3,(H2,15,16,19)/t11-/m0/s1. The van der Waals surface area contributed by atoms with Crippen LogP contribution in [0.1, 0.15) is 19.8 Å². The van der Waals surface area contributed by atoms with Crippen LogP contribution in [-0.4, -0.2) is 31.0 Å². The third-order valence-electron chi connectivity index (χ3n) is 2.95. The quantitative estimate of drug-likeness (QED) is 0.811. The summed E-state index contributed by atoms with van der Waals surface area (Å²) >= 11 is 5.28. The van der Waals surface area contributed by atoms with Gasteiger partial charge in [-0.3, -0.25) is 0 Å². The van der Waals surface area contributed by atoms with E-state index in [2.05, 4.69) is 10.6 Å². The van der Waals surface area contributed by atoms with Gasteiger partial charge in [0.05, 0.1) is 18.4 Å². The zero-order valence-electron chi connectivity index (χ0n) is 11.1. The molecule has 0 saturated carbocycles. The first-order chi connectivity index (χ1) is 9.29. The van der Waals surface area contributed by atoms with Crippen molar-refractivity contribution in [3.8, 4) is 5.75 Å². The highest BCUT2D eigenvalue weighted by Crippen LogP contribution is 2.23. The van der Waals surface area contributed by atoms with E-state index in [0.29, 0.717) is 11.7 Å². The number of benzene rings is 1. The van der Waals surface area contributed by atoms with Crippen molar-refractivity contribution >= 4 is 23.0 Å². The topological polar surface area (TPSA) is 42.5 Å². The van der Waals surface area contributed by atoms with Crippen molar-refractivity contribution in [1.29, 1.82) is 0 Å². The molecule has 0 amide bonds. The average Bonchev–Trinajstić information content (AvgIpc) is 2.92. The van der Waals surface area contributed by atoms with Gasteiger partial charge < -0.3 is 20.1 Å². The molecule has 0 radical (unpaired) electrons. The predicted octanol–water partition coefficient (Wildman–Crippen LogP) is 2.55. The van der Waals surface area contributed by atoms with Gasteiger partial charge in [0.1, 0.15) is 5.75 Å². The van der Waals surface area contributed by atoms with Gasteiger partial charge in [0, 0.05) is 13.2 Å². The van der Waals surface area contributed by atoms with Gasteiger partial charge in [0.15, 0.2) is 5.11 Å². The first-order valence-corrected chi connectivity index (χ1v) is 7.08. The van der Waals surface area contributed by atoms with Crippen molar-refractivity contribution in [2.45, 2.75) is 25.9 Å². The van der Waals surface area contributed by atoms with Crippen LogP contribution >= 0.6 is 12.2 Å². The third-order valence-corrected chi connectivity index (χ3v) is 3.20. The number of rotatable bonds is 5. The summed E-state index contributed by atoms with van der Waals surface area (Å²) in [6, 6.07) is 7.77. The maximum atomic E-state index is 5.54. The number of anilines is 1. The Morgan fingerprint density at radius 3 is 3.05 bits per heavy atom. The highest BCUT2D eigenvalue weighted by Gasteiger charge is 2.15. The fourth-order valence-electron chi connectivity index (χ4n) is 2.03. The maximum Gasteiger partial charge on any atom is 0.170 e. The molecule has 19 heavy (non-hydrogen) atoms. The summed E-state index contributed by atoms with van der Waals surface area (Å²) < 4.78 is 11.1. The van der Waals surface area contributed by atoms with Gasteiger partial charge in [-0.15, -0.1) is 0 Å². The molecule has 0 unspecified atom stereocenters. The van der Waals surface area contributed by atoms with E-state index in [9.17, 15) is 0 Å². The van der Waals surface area contributed by atoms with E-state index in [1.165, 1.54) is 0 Å². The Balaban J connectivity index is 1.83. The molecule has 1 fully saturated rings. The molecule has 104 valence electrons. The highest BCUT2D eigenvalue weighted by atomic mass is 32.1. The molecular weight excluding hydrogens is 260 g/mol. The van der Waals surface area contributed by atoms with Crippen LogP contribution in [0.15, 0.2) is 24.3 Å². The largest absolute Gasteiger partial charge is 0.492 e. The van der Waals surface area contributed by atoms with Gasteiger partial charge in [-0.1, -0.05) is 12.1 Å². The first kappa shape index (κ1) is 14.1. The summed E-state index contributed by atoms with van der Waals surface area (Å²) in [5, 5.41) is 6.94. The minimum Gasteiger partial charge on any atom is -0.492 e. The Hall–Kier alpha value is -1.33. The van der Waals surface area contributed by atoms with Gasteiger partial charge in [-0.2, -0.15) is 0 Å². The van der Waals surface area contributed by atoms with Crippen molar-refractivity contribution in [3.05, 3.63) is 24.3 Å². The van der Waals surface area contributed by atoms with Gasteiger partial charge in [-0.05, 0) is 44.1 Å². The van der Waals surface area contributed by atoms with E-state index >= 15 is 0 Å². The third kappa shape index (κ3) is 4.36. The highest BCUT2D eigenvalue weighted by molar-refractivity contribution is 7.80. The van der Waals surface area contributed by atoms with Crippen molar-refractivity contribution in [1.82, 2.24) is 5.32 Å². The fourth-order valence-corrected chi connectivity index (χ4v) is 2.22. The summed E-state index contributed by atoms with van der Waals surface area (Å²) in [5.74, 6) is 0.811. The molecule has 4 nitrogen and oxygen atoms in total. The molecule has 5 heteroatoms. The van der Waals surface area contributed by atoms with Crippen LogP contribution in [0.25, 0.3) is 0 Å². The van der Waals surface area contributed by atoms with Gasteiger partial charge >= 0.3 is 0 Å². The van der Waals surface area contributed by atoms with Crippen LogP contribution in [0, 0.1) is 0 Å². The zero-order valence-corrected chi connectivity index (χ0v) is 12.0. The van der Waals surface area contributed by atoms with Crippen LogP contribution in [0.4, 0.5) is 5.69 Å². The zero-order chi connectivity index (χ0) is 13.5. The van der Waals surface area contributed by atoms with Gasteiger partial charge in [0.2, 0.25) is 0 Å². The lowest BCUT2D eigenvalue weighted by molar-refractivity contribution is 0.114. The predicted molar refractivity (Wildman–Crippen MR) is 80.8 cm³/mol. The molecule has 2 N–H and O–H groups in total. The van der Waals surface area contributed by atoms with Gasteiger partial charge in [0.25, 0.3) is 0 Å². The van der Waals surface area contributed by atoms with E-state index in [1.54, 1.807) is 0 Å². The van der Waals surface area contributed by atoms with Crippen LogP contribution in [0.5, 0.6) is 5.75 Å². The smallest absolute Gasteiger partial charge is 0.170 e. The second-order valence-electron chi connectivity index (χ2n) is 4.40. The normalized spacial score (nSPS) is 18.1. The SMILES string of the molecule is CCOc1ccccc1NC(=S)NC[C@@H]1CCCO1. The lowest BCUT2D eigenvalue weighted by Crippen LogP contribution is -2.34. The Kier molecular flexibility index (Phi) is 5.42. The number of hydrogen-bond donors (Lipinski definition) is 2. The molecule has 2 rings (SSSR count). The van der Waals surface area contributed by atoms with Crippen molar-refractivity contribution in [2.75, 3.05) is 25.1 Å². The molecule has 1 atom stereocenters. The van der Waals surface area contributed by atoms with Gasteiger partial charge in [-0.25, -0.2) is 0 Å². The van der Waals surface area contributed by atoms with Crippen LogP contribution in [0.3, 0.4) is 0 Å². The number of para-hydroxylation sites is 2. The van der Waals surface area contributed by atoms with E-state index in [-0.39, 0.29) is 6.10 Å². The molecule has 0 aromatic heterocycles. The van der Waals surface area contributed by atoms with Crippen LogP contribution in [-0.2, 0) is 4.74 Å². The van der Waals surface area contributed by atoms with E-state index in [0.717, 1.165) is 37.4 Å². The molecule has 1 aliphatic rings. The summed E-state index contributed by atoms with van der Waals surface area (Å²) in [7, 11) is 0. The molecule has 0 bridgehead atoms. The summed E-state index contributed by atoms with van der Waals surface area (Å²) in [6.07, 6.45) is 2.52. The molecule has 0 aliphatic carbocycles. The number of ether oxygens (including phenoxy) is 2. The minimum absolute atomic E-state index is 0.280. The summed E-state index contributed by atoms with van der Waals surface area (Å²) in [4.78, 5) is 0. The first-order valence-electron chi connectivity index (χ1n) is 6.68. The number of thiocarbonyl (C=S) groups is 1. The Morgan fingerprint density at radius 2 is 2.32 bits per heavy atom. The molecular formula is C14H20N2O2S. The van der Waals surface area contributed by atoms with Crippen molar-refractivity contribution in [2.24, 2.45) is 0 Å². The monoisotopic (exact) mass is 280 g/mol. The molecule has 1 saturated heterocycles. The van der Waals surface area contributed by atoms with Crippen molar-refractivity contribution in [3.63, 3.8) is 0 Å². The second-order valence-corrected chi connectivity index (χ2v) is 4.81. The van der Waals surface area contributed by atoms with Crippen LogP contribution < -0.4 is 15.4 Å². The molecule has 1 aliphatic heterocycles. The lowest BCUT2D eigenvalue weighted by Gasteiger charge is -2.16. The number of nitrogens with one attached hydrogen (secondary N) is 2. The second kappa shape index (κ2) is 7.31. The summed E-state index contributed by atoms with van der Waals surface area (Å²) in [6.45, 7) is 4.21. The Bertz CT molecular complexity index is 420. The maximum absolute atomic E-state index is 5.54. The van der Waals surface area contributed by atoms with Crippen LogP contribution in [0.2, 0.25) is 0 Å². The summed E-state index contributed by atoms with van der Waals surface area (Å²) in [5.41, 5.74) is 0.884. The van der Waals surface area contributed by atoms with E-state index in [4.69, 9.17) is 21.7 Å². The lowest BCUT2D eigenvalue weighted by atomic mass is 10.2.